The zero-order valence-corrected chi connectivity index (χ0v) is 11.7. The smallest absolute Gasteiger partial charge is 0.123 e. The van der Waals surface area contributed by atoms with Gasteiger partial charge in [-0.2, -0.15) is 0 Å². The van der Waals surface area contributed by atoms with Gasteiger partial charge in [0, 0.05) is 11.4 Å². The minimum absolute atomic E-state index is 0.276. The second-order valence-electron chi connectivity index (χ2n) is 5.04. The van der Waals surface area contributed by atoms with E-state index in [1.54, 1.807) is 25.1 Å². The summed E-state index contributed by atoms with van der Waals surface area (Å²) in [5.41, 5.74) is 1.58. The molecule has 19 heavy (non-hydrogen) atoms. The summed E-state index contributed by atoms with van der Waals surface area (Å²) in [6.45, 7) is 3.65. The molecule has 3 heteroatoms. The minimum Gasteiger partial charge on any atom is -0.385 e. The molecule has 0 heterocycles. The van der Waals surface area contributed by atoms with Crippen LogP contribution in [0.25, 0.3) is 0 Å². The van der Waals surface area contributed by atoms with Crippen LogP contribution in [0.4, 0.5) is 4.39 Å². The van der Waals surface area contributed by atoms with E-state index in [-0.39, 0.29) is 5.82 Å². The number of hydrogen-bond acceptors (Lipinski definition) is 1. The fraction of sp³-hybridized carbons (Fsp3) is 0.250. The summed E-state index contributed by atoms with van der Waals surface area (Å²) in [5.74, 6) is -0.276. The van der Waals surface area contributed by atoms with Crippen molar-refractivity contribution in [2.75, 3.05) is 0 Å². The Labute approximate surface area is 117 Å². The van der Waals surface area contributed by atoms with Gasteiger partial charge in [-0.3, -0.25) is 0 Å². The third-order valence-electron chi connectivity index (χ3n) is 3.26. The molecule has 0 aromatic heterocycles. The first-order valence-corrected chi connectivity index (χ1v) is 6.50. The molecule has 100 valence electrons. The minimum atomic E-state index is -1.03. The maximum atomic E-state index is 12.9. The first kappa shape index (κ1) is 14.0. The molecule has 0 bridgehead atoms. The van der Waals surface area contributed by atoms with Crippen LogP contribution in [0, 0.1) is 12.7 Å². The average molecular weight is 279 g/mol. The average Bonchev–Trinajstić information content (AvgIpc) is 2.35. The lowest BCUT2D eigenvalue weighted by molar-refractivity contribution is 0.0576. The Morgan fingerprint density at radius 1 is 1.16 bits per heavy atom. The van der Waals surface area contributed by atoms with Crippen molar-refractivity contribution in [1.82, 2.24) is 0 Å². The Morgan fingerprint density at radius 2 is 1.79 bits per heavy atom. The molecule has 1 nitrogen and oxygen atoms in total. The van der Waals surface area contributed by atoms with Crippen molar-refractivity contribution in [3.63, 3.8) is 0 Å². The molecular formula is C16H16ClFO. The first-order valence-electron chi connectivity index (χ1n) is 6.12. The van der Waals surface area contributed by atoms with E-state index >= 15 is 0 Å². The lowest BCUT2D eigenvalue weighted by Crippen LogP contribution is -2.24. The van der Waals surface area contributed by atoms with Gasteiger partial charge in [0.05, 0.1) is 5.60 Å². The Kier molecular flexibility index (Phi) is 3.93. The first-order chi connectivity index (χ1) is 8.88. The molecule has 0 saturated heterocycles. The normalized spacial score (nSPS) is 14.2. The fourth-order valence-electron chi connectivity index (χ4n) is 2.03. The van der Waals surface area contributed by atoms with Crippen LogP contribution in [-0.4, -0.2) is 5.11 Å². The predicted molar refractivity (Wildman–Crippen MR) is 75.9 cm³/mol. The van der Waals surface area contributed by atoms with Gasteiger partial charge in [-0.05, 0) is 48.7 Å². The summed E-state index contributed by atoms with van der Waals surface area (Å²) in [4.78, 5) is 0. The van der Waals surface area contributed by atoms with E-state index in [1.165, 1.54) is 12.1 Å². The van der Waals surface area contributed by atoms with Crippen molar-refractivity contribution < 1.29 is 9.50 Å². The van der Waals surface area contributed by atoms with Crippen molar-refractivity contribution in [3.05, 3.63) is 70.0 Å². The zero-order valence-electron chi connectivity index (χ0n) is 11.0. The molecule has 2 rings (SSSR count). The molecule has 0 radical (unpaired) electrons. The lowest BCUT2D eigenvalue weighted by Gasteiger charge is -2.24. The molecule has 0 amide bonds. The lowest BCUT2D eigenvalue weighted by atomic mass is 9.88. The van der Waals surface area contributed by atoms with Crippen LogP contribution in [0.3, 0.4) is 0 Å². The molecule has 0 spiro atoms. The number of benzene rings is 2. The highest BCUT2D eigenvalue weighted by Gasteiger charge is 2.24. The summed E-state index contributed by atoms with van der Waals surface area (Å²) in [7, 11) is 0. The maximum Gasteiger partial charge on any atom is 0.123 e. The van der Waals surface area contributed by atoms with E-state index in [4.69, 9.17) is 11.6 Å². The standard InChI is InChI=1S/C16H16ClFO/c1-11-3-6-13(9-15(11)17)16(2,19)10-12-4-7-14(18)8-5-12/h3-9,19H,10H2,1-2H3. The Morgan fingerprint density at radius 3 is 2.37 bits per heavy atom. The van der Waals surface area contributed by atoms with Gasteiger partial charge in [0.25, 0.3) is 0 Å². The SMILES string of the molecule is Cc1ccc(C(C)(O)Cc2ccc(F)cc2)cc1Cl. The van der Waals surface area contributed by atoms with Gasteiger partial charge in [0.15, 0.2) is 0 Å². The number of rotatable bonds is 3. The highest BCUT2D eigenvalue weighted by atomic mass is 35.5. The molecule has 0 saturated carbocycles. The Balaban J connectivity index is 2.26. The predicted octanol–water partition coefficient (Wildman–Crippen LogP) is 4.24. The summed E-state index contributed by atoms with van der Waals surface area (Å²) >= 11 is 6.08. The molecule has 0 aliphatic heterocycles. The topological polar surface area (TPSA) is 20.2 Å². The number of hydrogen-bond donors (Lipinski definition) is 1. The van der Waals surface area contributed by atoms with Crippen molar-refractivity contribution >= 4 is 11.6 Å². The van der Waals surface area contributed by atoms with Crippen LogP contribution in [0.15, 0.2) is 42.5 Å². The van der Waals surface area contributed by atoms with Gasteiger partial charge >= 0.3 is 0 Å². The fourth-order valence-corrected chi connectivity index (χ4v) is 2.21. The Bertz CT molecular complexity index is 576. The molecule has 2 aromatic carbocycles. The van der Waals surface area contributed by atoms with Gasteiger partial charge in [-0.25, -0.2) is 4.39 Å². The van der Waals surface area contributed by atoms with E-state index < -0.39 is 5.60 Å². The molecule has 2 aromatic rings. The van der Waals surface area contributed by atoms with Gasteiger partial charge in [0.1, 0.15) is 5.82 Å². The van der Waals surface area contributed by atoms with Crippen molar-refractivity contribution in [2.24, 2.45) is 0 Å². The third kappa shape index (κ3) is 3.34. The molecule has 0 aliphatic rings. The zero-order chi connectivity index (χ0) is 14.0. The summed E-state index contributed by atoms with van der Waals surface area (Å²) in [6.07, 6.45) is 0.409. The van der Waals surface area contributed by atoms with Gasteiger partial charge < -0.3 is 5.11 Å². The summed E-state index contributed by atoms with van der Waals surface area (Å²) in [5, 5.41) is 11.2. The van der Waals surface area contributed by atoms with E-state index in [2.05, 4.69) is 0 Å². The highest BCUT2D eigenvalue weighted by molar-refractivity contribution is 6.31. The van der Waals surface area contributed by atoms with Crippen LogP contribution in [0.5, 0.6) is 0 Å². The highest BCUT2D eigenvalue weighted by Crippen LogP contribution is 2.28. The van der Waals surface area contributed by atoms with Crippen LogP contribution < -0.4 is 0 Å². The quantitative estimate of drug-likeness (QED) is 0.890. The molecule has 1 unspecified atom stereocenters. The number of halogens is 2. The van der Waals surface area contributed by atoms with Crippen LogP contribution in [0.2, 0.25) is 5.02 Å². The largest absolute Gasteiger partial charge is 0.385 e. The summed E-state index contributed by atoms with van der Waals surface area (Å²) in [6, 6.07) is 11.7. The third-order valence-corrected chi connectivity index (χ3v) is 3.66. The Hall–Kier alpha value is -1.38. The van der Waals surface area contributed by atoms with E-state index in [9.17, 15) is 9.50 Å². The van der Waals surface area contributed by atoms with Gasteiger partial charge in [0.2, 0.25) is 0 Å². The molecule has 0 aliphatic carbocycles. The molecular weight excluding hydrogens is 263 g/mol. The monoisotopic (exact) mass is 278 g/mol. The van der Waals surface area contributed by atoms with Crippen LogP contribution in [0.1, 0.15) is 23.6 Å². The number of aliphatic hydroxyl groups is 1. The van der Waals surface area contributed by atoms with E-state index in [1.807, 2.05) is 19.1 Å². The van der Waals surface area contributed by atoms with E-state index in [0.717, 1.165) is 16.7 Å². The second-order valence-corrected chi connectivity index (χ2v) is 5.45. The maximum absolute atomic E-state index is 12.9. The molecule has 1 N–H and O–H groups in total. The van der Waals surface area contributed by atoms with Gasteiger partial charge in [-0.15, -0.1) is 0 Å². The van der Waals surface area contributed by atoms with Crippen molar-refractivity contribution in [3.8, 4) is 0 Å². The summed E-state index contributed by atoms with van der Waals surface area (Å²) < 4.78 is 12.9. The van der Waals surface area contributed by atoms with Gasteiger partial charge in [-0.1, -0.05) is 35.9 Å². The molecule has 1 atom stereocenters. The van der Waals surface area contributed by atoms with Crippen LogP contribution >= 0.6 is 11.6 Å². The second kappa shape index (κ2) is 5.32. The van der Waals surface area contributed by atoms with Crippen molar-refractivity contribution in [2.45, 2.75) is 25.9 Å². The van der Waals surface area contributed by atoms with Crippen LogP contribution in [-0.2, 0) is 12.0 Å². The molecule has 0 fully saturated rings. The number of aryl methyl sites for hydroxylation is 1. The van der Waals surface area contributed by atoms with E-state index in [0.29, 0.717) is 11.4 Å². The van der Waals surface area contributed by atoms with Crippen molar-refractivity contribution in [1.29, 1.82) is 0 Å².